The van der Waals surface area contributed by atoms with Crippen molar-refractivity contribution in [2.45, 2.75) is 33.2 Å². The fourth-order valence-electron chi connectivity index (χ4n) is 3.01. The predicted octanol–water partition coefficient (Wildman–Crippen LogP) is 2.97. The van der Waals surface area contributed by atoms with Gasteiger partial charge < -0.3 is 4.74 Å². The summed E-state index contributed by atoms with van der Waals surface area (Å²) in [6.45, 7) is 4.36. The van der Waals surface area contributed by atoms with Crippen LogP contribution in [0.5, 0.6) is 5.75 Å². The van der Waals surface area contributed by atoms with Gasteiger partial charge in [-0.25, -0.2) is 0 Å². The van der Waals surface area contributed by atoms with Gasteiger partial charge in [-0.1, -0.05) is 24.3 Å². The van der Waals surface area contributed by atoms with Gasteiger partial charge in [0.25, 0.3) is 0 Å². The number of amides is 2. The quantitative estimate of drug-likeness (QED) is 0.816. The van der Waals surface area contributed by atoms with Gasteiger partial charge in [0.05, 0.1) is 26.5 Å². The van der Waals surface area contributed by atoms with Gasteiger partial charge in [0.15, 0.2) is 0 Å². The van der Waals surface area contributed by atoms with Crippen LogP contribution in [0.2, 0.25) is 0 Å². The average molecular weight is 323 g/mol. The zero-order valence-electron chi connectivity index (χ0n) is 14.3. The van der Waals surface area contributed by atoms with Crippen molar-refractivity contribution in [2.24, 2.45) is 0 Å². The summed E-state index contributed by atoms with van der Waals surface area (Å²) in [5.74, 6) is 0.473. The normalized spacial score (nSPS) is 14.4. The maximum absolute atomic E-state index is 12.6. The molecule has 0 bridgehead atoms. The number of rotatable bonds is 3. The molecule has 2 amide bonds. The number of aryl methyl sites for hydroxylation is 2. The molecule has 2 aromatic rings. The highest BCUT2D eigenvalue weighted by Gasteiger charge is 2.27. The van der Waals surface area contributed by atoms with Crippen molar-refractivity contribution in [3.05, 3.63) is 64.2 Å². The monoisotopic (exact) mass is 323 g/mol. The van der Waals surface area contributed by atoms with Gasteiger partial charge in [-0.2, -0.15) is 0 Å². The second-order valence-corrected chi connectivity index (χ2v) is 6.28. The Morgan fingerprint density at radius 1 is 0.917 bits per heavy atom. The molecule has 1 aliphatic rings. The minimum absolute atomic E-state index is 0.141. The van der Waals surface area contributed by atoms with E-state index in [1.807, 2.05) is 50.2 Å². The summed E-state index contributed by atoms with van der Waals surface area (Å²) in [4.78, 5) is 26.6. The van der Waals surface area contributed by atoms with Crippen LogP contribution in [0.3, 0.4) is 0 Å². The van der Waals surface area contributed by atoms with Crippen LogP contribution in [0.25, 0.3) is 0 Å². The molecule has 0 aliphatic carbocycles. The fraction of sp³-hybridized carbons (Fsp3) is 0.300. The van der Waals surface area contributed by atoms with Gasteiger partial charge in [0.2, 0.25) is 11.8 Å². The number of fused-ring (bicyclic) bond motifs is 1. The first-order valence-corrected chi connectivity index (χ1v) is 8.03. The molecule has 0 radical (unpaired) electrons. The molecular formula is C20H21NO3. The topological polar surface area (TPSA) is 46.6 Å². The number of hydrogen-bond donors (Lipinski definition) is 0. The van der Waals surface area contributed by atoms with E-state index < -0.39 is 0 Å². The van der Waals surface area contributed by atoms with E-state index in [-0.39, 0.29) is 24.7 Å². The highest BCUT2D eigenvalue weighted by atomic mass is 16.5. The van der Waals surface area contributed by atoms with Crippen molar-refractivity contribution < 1.29 is 14.3 Å². The van der Waals surface area contributed by atoms with Gasteiger partial charge in [0.1, 0.15) is 5.75 Å². The van der Waals surface area contributed by atoms with Crippen LogP contribution in [0.15, 0.2) is 36.4 Å². The van der Waals surface area contributed by atoms with Crippen LogP contribution in [-0.4, -0.2) is 23.8 Å². The standard InChI is InChI=1S/C20H21NO3/c1-13-8-16-10-19(22)21(20(23)11-17(16)9-14(13)2)12-15-4-6-18(24-3)7-5-15/h4-9H,10-12H2,1-3H3. The lowest BCUT2D eigenvalue weighted by Gasteiger charge is -2.18. The Kier molecular flexibility index (Phi) is 4.38. The number of benzene rings is 2. The molecule has 0 unspecified atom stereocenters. The van der Waals surface area contributed by atoms with Gasteiger partial charge in [-0.3, -0.25) is 14.5 Å². The first-order chi connectivity index (χ1) is 11.5. The average Bonchev–Trinajstić information content (AvgIpc) is 2.67. The highest BCUT2D eigenvalue weighted by molar-refractivity contribution is 5.99. The lowest BCUT2D eigenvalue weighted by atomic mass is 9.97. The summed E-state index contributed by atoms with van der Waals surface area (Å²) in [6, 6.07) is 11.5. The zero-order valence-corrected chi connectivity index (χ0v) is 14.3. The van der Waals surface area contributed by atoms with E-state index in [9.17, 15) is 9.59 Å². The summed E-state index contributed by atoms with van der Waals surface area (Å²) in [6.07, 6.45) is 0.552. The molecule has 1 aliphatic heterocycles. The second kappa shape index (κ2) is 6.48. The number of nitrogens with zero attached hydrogens (tertiary/aromatic N) is 1. The Bertz CT molecular complexity index is 750. The van der Waals surface area contributed by atoms with Crippen molar-refractivity contribution in [1.29, 1.82) is 0 Å². The lowest BCUT2D eigenvalue weighted by molar-refractivity contribution is -0.144. The number of carbonyl (C=O) groups excluding carboxylic acids is 2. The van der Waals surface area contributed by atoms with Crippen molar-refractivity contribution in [1.82, 2.24) is 4.90 Å². The van der Waals surface area contributed by atoms with E-state index in [2.05, 4.69) is 0 Å². The van der Waals surface area contributed by atoms with E-state index in [1.54, 1.807) is 7.11 Å². The molecule has 0 fully saturated rings. The second-order valence-electron chi connectivity index (χ2n) is 6.28. The lowest BCUT2D eigenvalue weighted by Crippen LogP contribution is -2.36. The third kappa shape index (κ3) is 3.18. The molecule has 1 heterocycles. The molecule has 0 N–H and O–H groups in total. The Hall–Kier alpha value is -2.62. The van der Waals surface area contributed by atoms with E-state index in [0.717, 1.165) is 33.6 Å². The Morgan fingerprint density at radius 3 is 1.88 bits per heavy atom. The molecule has 3 rings (SSSR count). The fourth-order valence-corrected chi connectivity index (χ4v) is 3.01. The van der Waals surface area contributed by atoms with Crippen molar-refractivity contribution in [3.8, 4) is 5.75 Å². The third-order valence-electron chi connectivity index (χ3n) is 4.60. The van der Waals surface area contributed by atoms with Crippen LogP contribution >= 0.6 is 0 Å². The molecule has 24 heavy (non-hydrogen) atoms. The van der Waals surface area contributed by atoms with Crippen molar-refractivity contribution >= 4 is 11.8 Å². The third-order valence-corrected chi connectivity index (χ3v) is 4.60. The summed E-state index contributed by atoms with van der Waals surface area (Å²) in [5.41, 5.74) is 5.15. The Labute approximate surface area is 142 Å². The molecule has 4 heteroatoms. The number of carbonyl (C=O) groups is 2. The van der Waals surface area contributed by atoms with E-state index in [0.29, 0.717) is 6.54 Å². The van der Waals surface area contributed by atoms with Crippen LogP contribution in [0.4, 0.5) is 0 Å². The number of hydrogen-bond acceptors (Lipinski definition) is 3. The molecule has 124 valence electrons. The Morgan fingerprint density at radius 2 is 1.42 bits per heavy atom. The summed E-state index contributed by atoms with van der Waals surface area (Å²) >= 11 is 0. The van der Waals surface area contributed by atoms with Gasteiger partial charge in [-0.05, 0) is 53.8 Å². The molecule has 0 saturated carbocycles. The van der Waals surface area contributed by atoms with Gasteiger partial charge >= 0.3 is 0 Å². The smallest absolute Gasteiger partial charge is 0.233 e. The SMILES string of the molecule is COc1ccc(CN2C(=O)Cc3cc(C)c(C)cc3CC2=O)cc1. The first kappa shape index (κ1) is 16.2. The molecule has 0 aromatic heterocycles. The maximum atomic E-state index is 12.6. The van der Waals surface area contributed by atoms with Crippen LogP contribution in [-0.2, 0) is 29.0 Å². The summed E-state index contributed by atoms with van der Waals surface area (Å²) < 4.78 is 5.14. The van der Waals surface area contributed by atoms with Crippen LogP contribution in [0, 0.1) is 13.8 Å². The molecule has 0 atom stereocenters. The van der Waals surface area contributed by atoms with Crippen molar-refractivity contribution in [2.75, 3.05) is 7.11 Å². The van der Waals surface area contributed by atoms with E-state index in [4.69, 9.17) is 4.74 Å². The minimum atomic E-state index is -0.141. The number of ether oxygens (including phenoxy) is 1. The summed E-state index contributed by atoms with van der Waals surface area (Å²) in [5, 5.41) is 0. The highest BCUT2D eigenvalue weighted by Crippen LogP contribution is 2.23. The molecule has 4 nitrogen and oxygen atoms in total. The first-order valence-electron chi connectivity index (χ1n) is 8.03. The molecule has 0 saturated heterocycles. The molecular weight excluding hydrogens is 302 g/mol. The zero-order chi connectivity index (χ0) is 17.3. The molecule has 2 aromatic carbocycles. The predicted molar refractivity (Wildman–Crippen MR) is 91.9 cm³/mol. The largest absolute Gasteiger partial charge is 0.497 e. The number of imide groups is 1. The maximum Gasteiger partial charge on any atom is 0.233 e. The minimum Gasteiger partial charge on any atom is -0.497 e. The van der Waals surface area contributed by atoms with E-state index >= 15 is 0 Å². The molecule has 0 spiro atoms. The van der Waals surface area contributed by atoms with Crippen LogP contribution < -0.4 is 4.74 Å². The summed E-state index contributed by atoms with van der Waals surface area (Å²) in [7, 11) is 1.61. The Balaban J connectivity index is 1.85. The van der Waals surface area contributed by atoms with Gasteiger partial charge in [0, 0.05) is 0 Å². The van der Waals surface area contributed by atoms with Gasteiger partial charge in [-0.15, -0.1) is 0 Å². The van der Waals surface area contributed by atoms with E-state index in [1.165, 1.54) is 4.90 Å². The van der Waals surface area contributed by atoms with Crippen molar-refractivity contribution in [3.63, 3.8) is 0 Å². The van der Waals surface area contributed by atoms with Crippen LogP contribution in [0.1, 0.15) is 27.8 Å². The number of methoxy groups -OCH3 is 1.